The van der Waals surface area contributed by atoms with Gasteiger partial charge in [0.05, 0.1) is 4.47 Å². The highest BCUT2D eigenvalue weighted by Gasteiger charge is 2.06. The zero-order chi connectivity index (χ0) is 9.30. The number of hydrogen-bond acceptors (Lipinski definition) is 1. The van der Waals surface area contributed by atoms with E-state index in [0.29, 0.717) is 15.6 Å². The van der Waals surface area contributed by atoms with Crippen LogP contribution >= 0.6 is 15.9 Å². The molecule has 1 aromatic rings. The van der Waals surface area contributed by atoms with Crippen molar-refractivity contribution in [2.24, 2.45) is 0 Å². The molecule has 0 amide bonds. The molecule has 1 nitrogen and oxygen atoms in total. The molecule has 0 aliphatic heterocycles. The van der Waals surface area contributed by atoms with Crippen molar-refractivity contribution in [1.82, 2.24) is 0 Å². The standard InChI is InChI=1S/C9H8BrFO/c1-5(2)6-3-7(10)8(11)4-9(6)12/h3-4,12H,1H2,2H3. The van der Waals surface area contributed by atoms with Crippen molar-refractivity contribution in [3.8, 4) is 5.75 Å². The summed E-state index contributed by atoms with van der Waals surface area (Å²) < 4.78 is 13.1. The summed E-state index contributed by atoms with van der Waals surface area (Å²) in [6.07, 6.45) is 0. The van der Waals surface area contributed by atoms with Crippen molar-refractivity contribution < 1.29 is 9.50 Å². The number of allylic oxidation sites excluding steroid dienone is 1. The first kappa shape index (κ1) is 9.26. The first-order chi connectivity index (χ1) is 5.52. The van der Waals surface area contributed by atoms with Gasteiger partial charge in [0, 0.05) is 11.6 Å². The Bertz CT molecular complexity index is 334. The Morgan fingerprint density at radius 1 is 1.58 bits per heavy atom. The van der Waals surface area contributed by atoms with Gasteiger partial charge in [0.2, 0.25) is 0 Å². The third kappa shape index (κ3) is 1.67. The Hall–Kier alpha value is -0.830. The molecule has 0 spiro atoms. The number of phenolic OH excluding ortho intramolecular Hbond substituents is 1. The Balaban J connectivity index is 3.33. The predicted octanol–water partition coefficient (Wildman–Crippen LogP) is 3.33. The molecule has 12 heavy (non-hydrogen) atoms. The molecule has 0 radical (unpaired) electrons. The maximum absolute atomic E-state index is 12.8. The number of hydrogen-bond donors (Lipinski definition) is 1. The molecule has 0 aromatic heterocycles. The third-order valence-corrected chi connectivity index (χ3v) is 2.11. The van der Waals surface area contributed by atoms with E-state index in [1.807, 2.05) is 0 Å². The van der Waals surface area contributed by atoms with Crippen LogP contribution in [0.2, 0.25) is 0 Å². The van der Waals surface area contributed by atoms with Crippen LogP contribution in [0.15, 0.2) is 23.2 Å². The van der Waals surface area contributed by atoms with Crippen LogP contribution in [0.5, 0.6) is 5.75 Å². The van der Waals surface area contributed by atoms with Crippen LogP contribution in [0.25, 0.3) is 5.57 Å². The minimum atomic E-state index is -0.475. The summed E-state index contributed by atoms with van der Waals surface area (Å²) in [5, 5.41) is 9.26. The molecule has 64 valence electrons. The molecule has 0 fully saturated rings. The van der Waals surface area contributed by atoms with E-state index in [1.165, 1.54) is 6.07 Å². The van der Waals surface area contributed by atoms with Gasteiger partial charge in [-0.3, -0.25) is 0 Å². The van der Waals surface area contributed by atoms with Crippen LogP contribution in [-0.4, -0.2) is 5.11 Å². The maximum atomic E-state index is 12.8. The first-order valence-electron chi connectivity index (χ1n) is 3.36. The normalized spacial score (nSPS) is 9.92. The highest BCUT2D eigenvalue weighted by atomic mass is 79.9. The van der Waals surface area contributed by atoms with Crippen molar-refractivity contribution in [3.05, 3.63) is 34.6 Å². The molecule has 0 unspecified atom stereocenters. The van der Waals surface area contributed by atoms with Gasteiger partial charge in [-0.05, 0) is 34.5 Å². The third-order valence-electron chi connectivity index (χ3n) is 1.50. The second kappa shape index (κ2) is 3.27. The van der Waals surface area contributed by atoms with Gasteiger partial charge in [-0.2, -0.15) is 0 Å². The molecular weight excluding hydrogens is 223 g/mol. The summed E-state index contributed by atoms with van der Waals surface area (Å²) in [6, 6.07) is 2.57. The fraction of sp³-hybridized carbons (Fsp3) is 0.111. The monoisotopic (exact) mass is 230 g/mol. The molecule has 1 N–H and O–H groups in total. The zero-order valence-electron chi connectivity index (χ0n) is 6.56. The Morgan fingerprint density at radius 2 is 2.17 bits per heavy atom. The quantitative estimate of drug-likeness (QED) is 0.785. The van der Waals surface area contributed by atoms with E-state index in [1.54, 1.807) is 6.92 Å². The van der Waals surface area contributed by atoms with E-state index in [2.05, 4.69) is 22.5 Å². The molecule has 1 rings (SSSR count). The zero-order valence-corrected chi connectivity index (χ0v) is 8.15. The number of aromatic hydroxyl groups is 1. The van der Waals surface area contributed by atoms with Crippen LogP contribution < -0.4 is 0 Å². The van der Waals surface area contributed by atoms with E-state index in [4.69, 9.17) is 0 Å². The summed E-state index contributed by atoms with van der Waals surface area (Å²) >= 11 is 3.02. The van der Waals surface area contributed by atoms with Crippen molar-refractivity contribution in [1.29, 1.82) is 0 Å². The lowest BCUT2D eigenvalue weighted by Crippen LogP contribution is -1.84. The molecule has 0 aliphatic rings. The van der Waals surface area contributed by atoms with Crippen molar-refractivity contribution in [3.63, 3.8) is 0 Å². The van der Waals surface area contributed by atoms with Gasteiger partial charge in [0.1, 0.15) is 11.6 Å². The van der Waals surface area contributed by atoms with E-state index in [-0.39, 0.29) is 5.75 Å². The molecular formula is C9H8BrFO. The second-order valence-electron chi connectivity index (χ2n) is 2.56. The van der Waals surface area contributed by atoms with E-state index >= 15 is 0 Å². The summed E-state index contributed by atoms with van der Waals surface area (Å²) in [7, 11) is 0. The minimum absolute atomic E-state index is 0.0804. The second-order valence-corrected chi connectivity index (χ2v) is 3.42. The Morgan fingerprint density at radius 3 is 2.67 bits per heavy atom. The summed E-state index contributed by atoms with van der Waals surface area (Å²) in [6.45, 7) is 5.40. The lowest BCUT2D eigenvalue weighted by Gasteiger charge is -2.04. The summed E-state index contributed by atoms with van der Waals surface area (Å²) in [4.78, 5) is 0. The number of rotatable bonds is 1. The number of phenols is 1. The average Bonchev–Trinajstić information content (AvgIpc) is 1.96. The predicted molar refractivity (Wildman–Crippen MR) is 50.5 cm³/mol. The molecule has 0 aliphatic carbocycles. The average molecular weight is 231 g/mol. The SMILES string of the molecule is C=C(C)c1cc(Br)c(F)cc1O. The van der Waals surface area contributed by atoms with Gasteiger partial charge in [0.25, 0.3) is 0 Å². The van der Waals surface area contributed by atoms with Crippen LogP contribution in [0.1, 0.15) is 12.5 Å². The molecule has 3 heteroatoms. The van der Waals surface area contributed by atoms with Gasteiger partial charge in [-0.15, -0.1) is 0 Å². The van der Waals surface area contributed by atoms with Crippen molar-refractivity contribution in [2.75, 3.05) is 0 Å². The highest BCUT2D eigenvalue weighted by molar-refractivity contribution is 9.10. The maximum Gasteiger partial charge on any atom is 0.141 e. The van der Waals surface area contributed by atoms with Gasteiger partial charge in [0.15, 0.2) is 0 Å². The smallest absolute Gasteiger partial charge is 0.141 e. The van der Waals surface area contributed by atoms with Gasteiger partial charge < -0.3 is 5.11 Å². The van der Waals surface area contributed by atoms with Crippen molar-refractivity contribution in [2.45, 2.75) is 6.92 Å². The largest absolute Gasteiger partial charge is 0.507 e. The summed E-state index contributed by atoms with van der Waals surface area (Å²) in [5.41, 5.74) is 1.26. The molecule has 0 atom stereocenters. The first-order valence-corrected chi connectivity index (χ1v) is 4.15. The van der Waals surface area contributed by atoms with E-state index < -0.39 is 5.82 Å². The van der Waals surface area contributed by atoms with Gasteiger partial charge >= 0.3 is 0 Å². The molecule has 0 bridgehead atoms. The Labute approximate surface area is 78.7 Å². The van der Waals surface area contributed by atoms with Crippen LogP contribution in [0, 0.1) is 5.82 Å². The van der Waals surface area contributed by atoms with Crippen LogP contribution in [-0.2, 0) is 0 Å². The van der Waals surface area contributed by atoms with Gasteiger partial charge in [-0.1, -0.05) is 6.58 Å². The lowest BCUT2D eigenvalue weighted by atomic mass is 10.1. The minimum Gasteiger partial charge on any atom is -0.507 e. The topological polar surface area (TPSA) is 20.2 Å². The number of benzene rings is 1. The van der Waals surface area contributed by atoms with E-state index in [9.17, 15) is 9.50 Å². The van der Waals surface area contributed by atoms with Crippen molar-refractivity contribution >= 4 is 21.5 Å². The molecule has 0 saturated heterocycles. The van der Waals surface area contributed by atoms with E-state index in [0.717, 1.165) is 6.07 Å². The highest BCUT2D eigenvalue weighted by Crippen LogP contribution is 2.29. The molecule has 0 heterocycles. The molecule has 0 saturated carbocycles. The molecule has 1 aromatic carbocycles. The lowest BCUT2D eigenvalue weighted by molar-refractivity contribution is 0.467. The van der Waals surface area contributed by atoms with Crippen LogP contribution in [0.3, 0.4) is 0 Å². The fourth-order valence-corrected chi connectivity index (χ4v) is 1.22. The number of halogens is 2. The Kier molecular flexibility index (Phi) is 2.52. The summed E-state index contributed by atoms with van der Waals surface area (Å²) in [5.74, 6) is -0.555. The fourth-order valence-electron chi connectivity index (χ4n) is 0.878. The van der Waals surface area contributed by atoms with Gasteiger partial charge in [-0.25, -0.2) is 4.39 Å². The van der Waals surface area contributed by atoms with Crippen LogP contribution in [0.4, 0.5) is 4.39 Å².